The van der Waals surface area contributed by atoms with Gasteiger partial charge in [0.05, 0.1) is 0 Å². The van der Waals surface area contributed by atoms with Crippen molar-refractivity contribution in [1.82, 2.24) is 0 Å². The van der Waals surface area contributed by atoms with E-state index in [1.54, 1.807) is 0 Å². The molecule has 0 amide bonds. The molecule has 0 heterocycles. The van der Waals surface area contributed by atoms with Gasteiger partial charge in [-0.3, -0.25) is 0 Å². The Morgan fingerprint density at radius 3 is 0.778 bits per heavy atom. The molecule has 10 nitrogen and oxygen atoms in total. The second kappa shape index (κ2) is 10.7. The number of rotatable bonds is 16. The van der Waals surface area contributed by atoms with E-state index in [4.69, 9.17) is 0 Å². The summed E-state index contributed by atoms with van der Waals surface area (Å²) >= 11 is 0. The molecule has 0 rings (SSSR count). The van der Waals surface area contributed by atoms with E-state index in [-0.39, 0.29) is 0 Å². The highest BCUT2D eigenvalue weighted by atomic mass is 32.2. The fraction of sp³-hybridized carbons (Fsp3) is 1.00. The summed E-state index contributed by atoms with van der Waals surface area (Å²) in [6, 6.07) is 0. The molecule has 0 fully saturated rings. The number of alkyl halides is 10. The van der Waals surface area contributed by atoms with Crippen LogP contribution in [0.1, 0.15) is 0 Å². The molecular formula is C8HF17O10S. The lowest BCUT2D eigenvalue weighted by molar-refractivity contribution is -0.631. The second-order valence-corrected chi connectivity index (χ2v) is 6.09. The normalized spacial score (nSPS) is 23.6. The van der Waals surface area contributed by atoms with Gasteiger partial charge in [0.1, 0.15) is 0 Å². The SMILES string of the molecule is O=[SH](=O)OC(F)(F)C(F)(OF)C(F)(OF)C(F)(OF)C(F)(OF)C(F)(OF)C(F)(OF)C(F)(F)OF. The zero-order valence-corrected chi connectivity index (χ0v) is 15.8. The second-order valence-electron chi connectivity index (χ2n) is 5.46. The molecule has 0 aliphatic carbocycles. The largest absolute Gasteiger partial charge is 0.454 e. The summed E-state index contributed by atoms with van der Waals surface area (Å²) in [4.78, 5) is 8.09. The predicted octanol–water partition coefficient (Wildman–Crippen LogP) is 4.02. The first kappa shape index (κ1) is 34.4. The van der Waals surface area contributed by atoms with Gasteiger partial charge in [0.2, 0.25) is 0 Å². The van der Waals surface area contributed by atoms with Crippen LogP contribution in [0, 0.1) is 0 Å². The summed E-state index contributed by atoms with van der Waals surface area (Å²) < 4.78 is 249. The summed E-state index contributed by atoms with van der Waals surface area (Å²) in [7, 11) is -5.43. The third kappa shape index (κ3) is 4.19. The monoisotopic (exact) mass is 612 g/mol. The molecule has 0 saturated heterocycles. The summed E-state index contributed by atoms with van der Waals surface area (Å²) in [6.07, 6.45) is -14.8. The third-order valence-electron chi connectivity index (χ3n) is 3.74. The van der Waals surface area contributed by atoms with E-state index in [0.29, 0.717) is 0 Å². The van der Waals surface area contributed by atoms with E-state index >= 15 is 0 Å². The number of hydrogen-bond acceptors (Lipinski definition) is 10. The van der Waals surface area contributed by atoms with Crippen LogP contribution in [-0.2, 0) is 49.8 Å². The first-order valence-corrected chi connectivity index (χ1v) is 8.00. The lowest BCUT2D eigenvalue weighted by Gasteiger charge is -2.47. The molecule has 0 N–H and O–H groups in total. The minimum absolute atomic E-state index is 1.10. The zero-order chi connectivity index (χ0) is 29.2. The average Bonchev–Trinajstić information content (AvgIpc) is 2.83. The van der Waals surface area contributed by atoms with E-state index in [0.717, 1.165) is 24.7 Å². The zero-order valence-electron chi connectivity index (χ0n) is 15.0. The Morgan fingerprint density at radius 1 is 0.361 bits per heavy atom. The maximum Gasteiger partial charge on any atom is 0.454 e. The maximum absolute atomic E-state index is 14.7. The van der Waals surface area contributed by atoms with Gasteiger partial charge in [0.15, 0.2) is 0 Å². The van der Waals surface area contributed by atoms with Crippen molar-refractivity contribution in [3.63, 3.8) is 0 Å². The van der Waals surface area contributed by atoms with Gasteiger partial charge in [-0.15, -0.1) is 34.6 Å². The van der Waals surface area contributed by atoms with Gasteiger partial charge in [-0.1, -0.05) is 0 Å². The van der Waals surface area contributed by atoms with Crippen molar-refractivity contribution < 1.29 is 123 Å². The standard InChI is InChI=1S/C8HF17O10S/c9-1(28-19,3(11,30-21)5(13,32-23)7(15,16)34-25)2(10,29-20)4(12,31-22)6(14,33-24)8(17,18)35-36(26)27/h36H. The van der Waals surface area contributed by atoms with Crippen molar-refractivity contribution >= 4 is 11.0 Å². The van der Waals surface area contributed by atoms with Crippen LogP contribution in [0.4, 0.5) is 75.6 Å². The Labute approximate surface area is 182 Å². The topological polar surface area (TPSA) is 108 Å². The van der Waals surface area contributed by atoms with Gasteiger partial charge in [0, 0.05) is 0 Å². The molecule has 36 heavy (non-hydrogen) atoms. The minimum Gasteiger partial charge on any atom is -0.202 e. The molecule has 218 valence electrons. The van der Waals surface area contributed by atoms with E-state index in [9.17, 15) is 84.0 Å². The highest BCUT2D eigenvalue weighted by Gasteiger charge is 2.99. The summed E-state index contributed by atoms with van der Waals surface area (Å²) in [5.74, 6) is -48.2. The van der Waals surface area contributed by atoms with Crippen LogP contribution in [0.25, 0.3) is 0 Å². The van der Waals surface area contributed by atoms with Crippen LogP contribution in [0.5, 0.6) is 0 Å². The molecule has 0 saturated carbocycles. The Balaban J connectivity index is 7.82. The van der Waals surface area contributed by atoms with Crippen LogP contribution in [0.3, 0.4) is 0 Å². The summed E-state index contributed by atoms with van der Waals surface area (Å²) in [6.45, 7) is 0. The number of thiol groups is 1. The molecule has 0 aliphatic rings. The molecule has 0 spiro atoms. The van der Waals surface area contributed by atoms with Crippen LogP contribution >= 0.6 is 0 Å². The van der Waals surface area contributed by atoms with Crippen molar-refractivity contribution in [2.75, 3.05) is 0 Å². The Morgan fingerprint density at radius 2 is 0.583 bits per heavy atom. The number of hydrogen-bond donors (Lipinski definition) is 1. The van der Waals surface area contributed by atoms with Gasteiger partial charge in [0.25, 0.3) is 11.0 Å². The van der Waals surface area contributed by atoms with E-state index < -0.39 is 58.3 Å². The van der Waals surface area contributed by atoms with Crippen LogP contribution < -0.4 is 0 Å². The first-order valence-electron chi connectivity index (χ1n) is 6.90. The molecule has 6 atom stereocenters. The molecular weight excluding hydrogens is 611 g/mol. The van der Waals surface area contributed by atoms with Crippen molar-refractivity contribution in [2.24, 2.45) is 0 Å². The first-order chi connectivity index (χ1) is 16.1. The molecule has 6 unspecified atom stereocenters. The average molecular weight is 612 g/mol. The Hall–Kier alpha value is -1.56. The molecule has 0 bridgehead atoms. The smallest absolute Gasteiger partial charge is 0.202 e. The molecule has 0 aromatic rings. The van der Waals surface area contributed by atoms with Crippen molar-refractivity contribution in [3.05, 3.63) is 0 Å². The van der Waals surface area contributed by atoms with Crippen molar-refractivity contribution in [2.45, 2.75) is 47.3 Å². The fourth-order valence-electron chi connectivity index (χ4n) is 1.99. The predicted molar refractivity (Wildman–Crippen MR) is 59.7 cm³/mol. The van der Waals surface area contributed by atoms with Gasteiger partial charge >= 0.3 is 47.3 Å². The highest BCUT2D eigenvalue weighted by molar-refractivity contribution is 7.67. The molecule has 0 aromatic carbocycles. The van der Waals surface area contributed by atoms with E-state index in [1.165, 1.54) is 9.88 Å². The van der Waals surface area contributed by atoms with E-state index in [1.807, 2.05) is 4.18 Å². The fourth-order valence-corrected chi connectivity index (χ4v) is 2.29. The third-order valence-corrected chi connectivity index (χ3v) is 4.12. The van der Waals surface area contributed by atoms with Crippen LogP contribution in [0.15, 0.2) is 0 Å². The number of halogens is 17. The van der Waals surface area contributed by atoms with Crippen LogP contribution in [0.2, 0.25) is 0 Å². The van der Waals surface area contributed by atoms with Gasteiger partial charge in [-0.05, 0) is 31.7 Å². The molecule has 0 aromatic heterocycles. The van der Waals surface area contributed by atoms with E-state index in [2.05, 4.69) is 0 Å². The van der Waals surface area contributed by atoms with Crippen LogP contribution in [-0.4, -0.2) is 55.8 Å². The summed E-state index contributed by atoms with van der Waals surface area (Å²) in [5, 5.41) is 0. The Kier molecular flexibility index (Phi) is 10.2. The van der Waals surface area contributed by atoms with Gasteiger partial charge < -0.3 is 0 Å². The summed E-state index contributed by atoms with van der Waals surface area (Å²) in [5.41, 5.74) is 0. The van der Waals surface area contributed by atoms with Gasteiger partial charge in [-0.2, -0.15) is 48.1 Å². The van der Waals surface area contributed by atoms with Gasteiger partial charge in [-0.25, -0.2) is 8.42 Å². The lowest BCUT2D eigenvalue weighted by Crippen LogP contribution is -2.82. The quantitative estimate of drug-likeness (QED) is 0.203. The Bertz CT molecular complexity index is 831. The minimum atomic E-state index is -8.24. The molecule has 0 aliphatic heterocycles. The molecule has 0 radical (unpaired) electrons. The maximum atomic E-state index is 14.7. The van der Waals surface area contributed by atoms with Crippen molar-refractivity contribution in [3.8, 4) is 0 Å². The van der Waals surface area contributed by atoms with Crippen molar-refractivity contribution in [1.29, 1.82) is 0 Å². The highest BCUT2D eigenvalue weighted by Crippen LogP contribution is 2.63. The molecule has 28 heteroatoms. The lowest BCUT2D eigenvalue weighted by atomic mass is 9.85.